The van der Waals surface area contributed by atoms with Gasteiger partial charge < -0.3 is 9.88 Å². The first kappa shape index (κ1) is 16.2. The molecule has 1 N–H and O–H groups in total. The fourth-order valence-electron chi connectivity index (χ4n) is 1.93. The molecule has 1 amide bonds. The van der Waals surface area contributed by atoms with E-state index in [1.807, 2.05) is 0 Å². The van der Waals surface area contributed by atoms with Crippen LogP contribution in [0.25, 0.3) is 0 Å². The minimum atomic E-state index is -1.29. The molecule has 1 aliphatic heterocycles. The van der Waals surface area contributed by atoms with Gasteiger partial charge >= 0.3 is 0 Å². The fourth-order valence-corrected chi connectivity index (χ4v) is 3.47. The van der Waals surface area contributed by atoms with Gasteiger partial charge in [0.2, 0.25) is 5.91 Å². The molecular formula is C12H12ClF3N2O2S. The maximum absolute atomic E-state index is 13.4. The third-order valence-electron chi connectivity index (χ3n) is 2.95. The fraction of sp³-hybridized carbons (Fsp3) is 0.500. The van der Waals surface area contributed by atoms with E-state index in [0.29, 0.717) is 0 Å². The summed E-state index contributed by atoms with van der Waals surface area (Å²) in [4.78, 5) is 23.3. The number of rotatable bonds is 4. The smallest absolute Gasteiger partial charge is 0.286 e. The van der Waals surface area contributed by atoms with E-state index in [0.717, 1.165) is 28.6 Å². The average molecular weight is 341 g/mol. The second-order valence-electron chi connectivity index (χ2n) is 4.48. The van der Waals surface area contributed by atoms with Gasteiger partial charge in [-0.3, -0.25) is 9.59 Å². The van der Waals surface area contributed by atoms with Crippen molar-refractivity contribution in [1.82, 2.24) is 4.57 Å². The zero-order chi connectivity index (χ0) is 15.6. The topological polar surface area (TPSA) is 51.1 Å². The molecular weight excluding hydrogens is 329 g/mol. The lowest BCUT2D eigenvalue weighted by Crippen LogP contribution is -2.27. The van der Waals surface area contributed by atoms with Gasteiger partial charge in [0, 0.05) is 18.7 Å². The van der Waals surface area contributed by atoms with E-state index in [-0.39, 0.29) is 18.7 Å². The maximum atomic E-state index is 13.4. The number of nitrogens with zero attached hydrogens (tertiary/aromatic N) is 1. The molecule has 1 fully saturated rings. The Hall–Kier alpha value is -1.15. The number of carbonyl (C=O) groups excluding carboxylic acids is 1. The summed E-state index contributed by atoms with van der Waals surface area (Å²) in [6, 6.07) is 0.847. The highest BCUT2D eigenvalue weighted by molar-refractivity contribution is 8.02. The lowest BCUT2D eigenvalue weighted by atomic mass is 10.2. The van der Waals surface area contributed by atoms with Crippen molar-refractivity contribution in [3.63, 3.8) is 0 Å². The number of aryl methyl sites for hydroxylation is 1. The van der Waals surface area contributed by atoms with Crippen LogP contribution in [0, 0.1) is 5.82 Å². The van der Waals surface area contributed by atoms with Crippen LogP contribution < -0.4 is 10.9 Å². The molecule has 116 valence electrons. The van der Waals surface area contributed by atoms with Gasteiger partial charge in [0.25, 0.3) is 5.56 Å². The van der Waals surface area contributed by atoms with E-state index in [1.165, 1.54) is 0 Å². The summed E-state index contributed by atoms with van der Waals surface area (Å²) < 4.78 is 39.0. The Morgan fingerprint density at radius 1 is 1.57 bits per heavy atom. The van der Waals surface area contributed by atoms with Gasteiger partial charge in [-0.25, -0.2) is 13.2 Å². The van der Waals surface area contributed by atoms with E-state index in [9.17, 15) is 22.8 Å². The van der Waals surface area contributed by atoms with Crippen LogP contribution in [0.1, 0.15) is 6.42 Å². The van der Waals surface area contributed by atoms with Crippen molar-refractivity contribution >= 4 is 35.0 Å². The molecule has 1 aliphatic rings. The summed E-state index contributed by atoms with van der Waals surface area (Å²) in [6.45, 7) is -1.15. The van der Waals surface area contributed by atoms with Crippen LogP contribution in [0.15, 0.2) is 17.1 Å². The molecule has 21 heavy (non-hydrogen) atoms. The van der Waals surface area contributed by atoms with Crippen LogP contribution in [0.3, 0.4) is 0 Å². The number of alkyl halides is 3. The molecule has 1 aromatic rings. The quantitative estimate of drug-likeness (QED) is 0.856. The summed E-state index contributed by atoms with van der Waals surface area (Å²) in [5.74, 6) is -1.63. The molecule has 9 heteroatoms. The van der Waals surface area contributed by atoms with Gasteiger partial charge in [0.1, 0.15) is 17.6 Å². The number of amides is 1. The molecule has 0 radical (unpaired) electrons. The van der Waals surface area contributed by atoms with Crippen molar-refractivity contribution in [3.05, 3.63) is 28.4 Å². The summed E-state index contributed by atoms with van der Waals surface area (Å²) in [5.41, 5.74) is -0.954. The van der Waals surface area contributed by atoms with E-state index in [1.54, 1.807) is 0 Å². The number of halogens is 4. The first-order chi connectivity index (χ1) is 9.92. The van der Waals surface area contributed by atoms with E-state index in [2.05, 4.69) is 5.32 Å². The number of hydrogen-bond acceptors (Lipinski definition) is 3. The van der Waals surface area contributed by atoms with Crippen LogP contribution in [-0.4, -0.2) is 33.3 Å². The second kappa shape index (κ2) is 6.74. The highest BCUT2D eigenvalue weighted by Crippen LogP contribution is 2.38. The number of pyridine rings is 1. The summed E-state index contributed by atoms with van der Waals surface area (Å²) in [7, 11) is 0. The predicted molar refractivity (Wildman–Crippen MR) is 75.8 cm³/mol. The molecule has 0 spiro atoms. The standard InChI is InChI=1S/C12H12ClF3N2O2S/c13-10-7(15)4-9(21-10)11(19)17-6-3-8(16)12(20)18(5-6)2-1-14/h3,5,7,9-10H,1-2,4H2,(H,17,19). The summed E-state index contributed by atoms with van der Waals surface area (Å²) in [6.07, 6.45) is -0.171. The Kier molecular flexibility index (Phi) is 5.21. The molecule has 0 aromatic carbocycles. The summed E-state index contributed by atoms with van der Waals surface area (Å²) >= 11 is 6.66. The predicted octanol–water partition coefficient (Wildman–Crippen LogP) is 2.30. The maximum Gasteiger partial charge on any atom is 0.286 e. The normalized spacial score (nSPS) is 25.0. The first-order valence-electron chi connectivity index (χ1n) is 6.12. The monoisotopic (exact) mass is 340 g/mol. The van der Waals surface area contributed by atoms with Crippen LogP contribution in [-0.2, 0) is 11.3 Å². The first-order valence-corrected chi connectivity index (χ1v) is 7.50. The Labute approximate surface area is 127 Å². The van der Waals surface area contributed by atoms with Gasteiger partial charge in [-0.2, -0.15) is 0 Å². The molecule has 4 nitrogen and oxygen atoms in total. The average Bonchev–Trinajstić information content (AvgIpc) is 2.76. The van der Waals surface area contributed by atoms with Gasteiger partial charge in [-0.1, -0.05) is 0 Å². The number of aromatic nitrogens is 1. The Balaban J connectivity index is 2.12. The second-order valence-corrected chi connectivity index (χ2v) is 6.56. The van der Waals surface area contributed by atoms with Gasteiger partial charge in [0.05, 0.1) is 17.5 Å². The molecule has 0 aliphatic carbocycles. The van der Waals surface area contributed by atoms with Crippen molar-refractivity contribution < 1.29 is 18.0 Å². The van der Waals surface area contributed by atoms with Gasteiger partial charge in [-0.15, -0.1) is 23.4 Å². The zero-order valence-corrected chi connectivity index (χ0v) is 12.3. The van der Waals surface area contributed by atoms with Gasteiger partial charge in [0.15, 0.2) is 5.82 Å². The molecule has 3 unspecified atom stereocenters. The molecule has 2 rings (SSSR count). The number of nitrogens with one attached hydrogen (secondary N) is 1. The highest BCUT2D eigenvalue weighted by Gasteiger charge is 2.37. The minimum Gasteiger partial charge on any atom is -0.324 e. The molecule has 1 saturated heterocycles. The van der Waals surface area contributed by atoms with Crippen molar-refractivity contribution in [2.75, 3.05) is 12.0 Å². The Bertz CT molecular complexity index is 588. The minimum absolute atomic E-state index is 0.0135. The third-order valence-corrected chi connectivity index (χ3v) is 4.82. The Morgan fingerprint density at radius 3 is 2.86 bits per heavy atom. The molecule has 0 bridgehead atoms. The molecule has 3 atom stereocenters. The number of anilines is 1. The number of carbonyl (C=O) groups is 1. The van der Waals surface area contributed by atoms with Crippen LogP contribution in [0.5, 0.6) is 0 Å². The van der Waals surface area contributed by atoms with Crippen molar-refractivity contribution in [2.45, 2.75) is 29.1 Å². The van der Waals surface area contributed by atoms with Crippen molar-refractivity contribution in [3.8, 4) is 0 Å². The van der Waals surface area contributed by atoms with Crippen LogP contribution in [0.2, 0.25) is 0 Å². The lowest BCUT2D eigenvalue weighted by Gasteiger charge is -2.12. The van der Waals surface area contributed by atoms with Crippen LogP contribution >= 0.6 is 23.4 Å². The highest BCUT2D eigenvalue weighted by atomic mass is 35.5. The van der Waals surface area contributed by atoms with Crippen molar-refractivity contribution in [2.24, 2.45) is 0 Å². The zero-order valence-electron chi connectivity index (χ0n) is 10.7. The van der Waals surface area contributed by atoms with Crippen LogP contribution in [0.4, 0.5) is 18.9 Å². The van der Waals surface area contributed by atoms with E-state index in [4.69, 9.17) is 11.6 Å². The van der Waals surface area contributed by atoms with Crippen molar-refractivity contribution in [1.29, 1.82) is 0 Å². The van der Waals surface area contributed by atoms with E-state index < -0.39 is 40.1 Å². The molecule has 2 heterocycles. The molecule has 1 aromatic heterocycles. The SMILES string of the molecule is O=C(Nc1cc(F)c(=O)n(CCF)c1)C1CC(F)C(Cl)S1. The summed E-state index contributed by atoms with van der Waals surface area (Å²) in [5, 5.41) is 1.70. The number of hydrogen-bond donors (Lipinski definition) is 1. The third kappa shape index (κ3) is 3.74. The molecule has 0 saturated carbocycles. The van der Waals surface area contributed by atoms with Gasteiger partial charge in [-0.05, 0) is 0 Å². The largest absolute Gasteiger partial charge is 0.324 e. The number of thioether (sulfide) groups is 1. The lowest BCUT2D eigenvalue weighted by molar-refractivity contribution is -0.115. The Morgan fingerprint density at radius 2 is 2.29 bits per heavy atom. The van der Waals surface area contributed by atoms with E-state index >= 15 is 0 Å².